The van der Waals surface area contributed by atoms with Crippen LogP contribution in [0.2, 0.25) is 0 Å². The zero-order chi connectivity index (χ0) is 14.0. The number of aryl methyl sites for hydroxylation is 2. The van der Waals surface area contributed by atoms with E-state index in [1.807, 2.05) is 6.92 Å². The Kier molecular flexibility index (Phi) is 3.87. The number of nitrogens with zero attached hydrogens (tertiary/aromatic N) is 2. The van der Waals surface area contributed by atoms with Crippen molar-refractivity contribution in [3.63, 3.8) is 0 Å². The Balaban J connectivity index is 2.36. The van der Waals surface area contributed by atoms with Crippen LogP contribution in [0.5, 0.6) is 0 Å². The summed E-state index contributed by atoms with van der Waals surface area (Å²) in [6.07, 6.45) is 0. The number of aliphatic hydroxyl groups excluding tert-OH is 1. The minimum Gasteiger partial charge on any atom is -0.436 e. The van der Waals surface area contributed by atoms with Gasteiger partial charge in [-0.1, -0.05) is 6.07 Å². The Morgan fingerprint density at radius 2 is 2.21 bits per heavy atom. The van der Waals surface area contributed by atoms with Crippen molar-refractivity contribution >= 4 is 17.4 Å². The van der Waals surface area contributed by atoms with E-state index in [-0.39, 0.29) is 12.3 Å². The molecule has 19 heavy (non-hydrogen) atoms. The van der Waals surface area contributed by atoms with Gasteiger partial charge in [0.1, 0.15) is 5.76 Å². The molecule has 1 heterocycles. The molecular weight excluding hydrogens is 268 g/mol. The van der Waals surface area contributed by atoms with Crippen molar-refractivity contribution in [1.82, 2.24) is 4.98 Å². The van der Waals surface area contributed by atoms with Gasteiger partial charge in [-0.05, 0) is 37.2 Å². The fraction of sp³-hybridized carbons (Fsp3) is 0.250. The van der Waals surface area contributed by atoms with Gasteiger partial charge in [0.15, 0.2) is 0 Å². The number of rotatable bonds is 4. The summed E-state index contributed by atoms with van der Waals surface area (Å²) in [5.74, 6) is 0.692. The first-order valence-electron chi connectivity index (χ1n) is 5.51. The number of hydrogen-bond acceptors (Lipinski definition) is 6. The molecule has 6 nitrogen and oxygen atoms in total. The SMILES string of the molecule is Cc1nc(Sc2ccc(CO)cc2[N+](=O)[O-])oc1C. The molecule has 0 aliphatic rings. The Morgan fingerprint density at radius 3 is 2.74 bits per heavy atom. The minimum absolute atomic E-state index is 0.0648. The summed E-state index contributed by atoms with van der Waals surface area (Å²) in [7, 11) is 0. The van der Waals surface area contributed by atoms with Crippen molar-refractivity contribution < 1.29 is 14.4 Å². The van der Waals surface area contributed by atoms with E-state index in [1.54, 1.807) is 19.1 Å². The van der Waals surface area contributed by atoms with Crippen molar-refractivity contribution in [2.45, 2.75) is 30.6 Å². The van der Waals surface area contributed by atoms with Crippen LogP contribution in [0, 0.1) is 24.0 Å². The van der Waals surface area contributed by atoms with E-state index in [4.69, 9.17) is 9.52 Å². The highest BCUT2D eigenvalue weighted by molar-refractivity contribution is 7.99. The summed E-state index contributed by atoms with van der Waals surface area (Å²) in [6.45, 7) is 3.37. The van der Waals surface area contributed by atoms with Gasteiger partial charge >= 0.3 is 0 Å². The molecule has 1 aromatic carbocycles. The van der Waals surface area contributed by atoms with E-state index in [0.717, 1.165) is 17.5 Å². The van der Waals surface area contributed by atoms with Crippen LogP contribution in [0.25, 0.3) is 0 Å². The molecule has 0 bridgehead atoms. The number of oxazole rings is 1. The maximum atomic E-state index is 11.0. The largest absolute Gasteiger partial charge is 0.436 e. The topological polar surface area (TPSA) is 89.4 Å². The van der Waals surface area contributed by atoms with Gasteiger partial charge in [0.2, 0.25) is 0 Å². The molecule has 2 rings (SSSR count). The first kappa shape index (κ1) is 13.6. The van der Waals surface area contributed by atoms with Gasteiger partial charge in [0, 0.05) is 6.07 Å². The number of aliphatic hydroxyl groups is 1. The van der Waals surface area contributed by atoms with Crippen LogP contribution in [0.1, 0.15) is 17.0 Å². The second-order valence-electron chi connectivity index (χ2n) is 3.94. The fourth-order valence-corrected chi connectivity index (χ4v) is 2.38. The molecule has 0 spiro atoms. The average molecular weight is 280 g/mol. The second kappa shape index (κ2) is 5.41. The summed E-state index contributed by atoms with van der Waals surface area (Å²) in [6, 6.07) is 4.58. The van der Waals surface area contributed by atoms with E-state index < -0.39 is 4.92 Å². The van der Waals surface area contributed by atoms with Crippen molar-refractivity contribution in [2.75, 3.05) is 0 Å². The molecule has 1 aromatic heterocycles. The maximum Gasteiger partial charge on any atom is 0.283 e. The van der Waals surface area contributed by atoms with Crippen LogP contribution in [0.3, 0.4) is 0 Å². The summed E-state index contributed by atoms with van der Waals surface area (Å²) < 4.78 is 5.39. The third-order valence-corrected chi connectivity index (χ3v) is 3.52. The van der Waals surface area contributed by atoms with Gasteiger partial charge in [-0.2, -0.15) is 0 Å². The summed E-state index contributed by atoms with van der Waals surface area (Å²) >= 11 is 1.10. The van der Waals surface area contributed by atoms with Crippen LogP contribution in [-0.2, 0) is 6.61 Å². The molecule has 0 fully saturated rings. The lowest BCUT2D eigenvalue weighted by Gasteiger charge is -2.02. The normalized spacial score (nSPS) is 10.7. The predicted octanol–water partition coefficient (Wildman–Crippen LogP) is 2.84. The van der Waals surface area contributed by atoms with Gasteiger partial charge in [0.05, 0.1) is 22.1 Å². The van der Waals surface area contributed by atoms with E-state index in [0.29, 0.717) is 21.4 Å². The van der Waals surface area contributed by atoms with E-state index in [1.165, 1.54) is 6.07 Å². The lowest BCUT2D eigenvalue weighted by Crippen LogP contribution is -1.93. The molecule has 0 aliphatic heterocycles. The van der Waals surface area contributed by atoms with Crippen LogP contribution >= 0.6 is 11.8 Å². The van der Waals surface area contributed by atoms with Crippen molar-refractivity contribution in [3.8, 4) is 0 Å². The standard InChI is InChI=1S/C12H12N2O4S/c1-7-8(2)18-12(13-7)19-11-4-3-9(6-15)5-10(11)14(16)17/h3-5,15H,6H2,1-2H3. The Bertz CT molecular complexity index is 605. The first-order chi connectivity index (χ1) is 9.01. The molecule has 1 N–H and O–H groups in total. The number of nitro groups is 1. The number of benzene rings is 1. The van der Waals surface area contributed by atoms with Gasteiger partial charge < -0.3 is 9.52 Å². The maximum absolute atomic E-state index is 11.0. The highest BCUT2D eigenvalue weighted by Gasteiger charge is 2.18. The smallest absolute Gasteiger partial charge is 0.283 e. The zero-order valence-electron chi connectivity index (χ0n) is 10.4. The Hall–Kier alpha value is -1.86. The van der Waals surface area contributed by atoms with Gasteiger partial charge in [-0.15, -0.1) is 0 Å². The van der Waals surface area contributed by atoms with E-state index in [2.05, 4.69) is 4.98 Å². The second-order valence-corrected chi connectivity index (χ2v) is 4.93. The molecule has 0 aliphatic carbocycles. The van der Waals surface area contributed by atoms with Crippen LogP contribution in [0.4, 0.5) is 5.69 Å². The highest BCUT2D eigenvalue weighted by Crippen LogP contribution is 2.35. The highest BCUT2D eigenvalue weighted by atomic mass is 32.2. The molecule has 0 amide bonds. The third-order valence-electron chi connectivity index (χ3n) is 2.61. The average Bonchev–Trinajstić information content (AvgIpc) is 2.68. The lowest BCUT2D eigenvalue weighted by molar-refractivity contribution is -0.387. The molecule has 0 unspecified atom stereocenters. The number of hydrogen-bond donors (Lipinski definition) is 1. The first-order valence-corrected chi connectivity index (χ1v) is 6.33. The summed E-state index contributed by atoms with van der Waals surface area (Å²) in [4.78, 5) is 15.1. The number of aromatic nitrogens is 1. The molecular formula is C12H12N2O4S. The Morgan fingerprint density at radius 1 is 1.47 bits per heavy atom. The van der Waals surface area contributed by atoms with E-state index >= 15 is 0 Å². The van der Waals surface area contributed by atoms with Gasteiger partial charge in [-0.3, -0.25) is 10.1 Å². The van der Waals surface area contributed by atoms with Crippen molar-refractivity contribution in [2.24, 2.45) is 0 Å². The number of nitro benzene ring substituents is 1. The van der Waals surface area contributed by atoms with Crippen LogP contribution < -0.4 is 0 Å². The molecule has 0 saturated heterocycles. The van der Waals surface area contributed by atoms with Crippen LogP contribution in [0.15, 0.2) is 32.7 Å². The molecule has 0 atom stereocenters. The fourth-order valence-electron chi connectivity index (χ4n) is 1.47. The van der Waals surface area contributed by atoms with Crippen LogP contribution in [-0.4, -0.2) is 15.0 Å². The molecule has 0 saturated carbocycles. The molecule has 2 aromatic rings. The lowest BCUT2D eigenvalue weighted by atomic mass is 10.2. The molecule has 100 valence electrons. The minimum atomic E-state index is -0.482. The predicted molar refractivity (Wildman–Crippen MR) is 69.1 cm³/mol. The summed E-state index contributed by atoms with van der Waals surface area (Å²) in [5.41, 5.74) is 1.19. The molecule has 7 heteroatoms. The van der Waals surface area contributed by atoms with Crippen molar-refractivity contribution in [1.29, 1.82) is 0 Å². The summed E-state index contributed by atoms with van der Waals surface area (Å²) in [5, 5.41) is 20.4. The third kappa shape index (κ3) is 2.94. The monoisotopic (exact) mass is 280 g/mol. The quantitative estimate of drug-likeness (QED) is 0.684. The Labute approximate surface area is 113 Å². The van der Waals surface area contributed by atoms with E-state index in [9.17, 15) is 10.1 Å². The molecule has 0 radical (unpaired) electrons. The van der Waals surface area contributed by atoms with Crippen molar-refractivity contribution in [3.05, 3.63) is 45.3 Å². The van der Waals surface area contributed by atoms with Gasteiger partial charge in [0.25, 0.3) is 10.9 Å². The van der Waals surface area contributed by atoms with Gasteiger partial charge in [-0.25, -0.2) is 4.98 Å². The zero-order valence-corrected chi connectivity index (χ0v) is 11.2.